The number of nitrogens with zero attached hydrogens (tertiary/aromatic N) is 4. The Hall–Kier alpha value is -1.63. The fourth-order valence-corrected chi connectivity index (χ4v) is 3.13. The number of rotatable bonds is 5. The van der Waals surface area contributed by atoms with E-state index in [2.05, 4.69) is 20.3 Å². The van der Waals surface area contributed by atoms with Gasteiger partial charge in [0.15, 0.2) is 0 Å². The smallest absolute Gasteiger partial charge is 0.220 e. The number of carbonyl (C=O) groups is 1. The molecule has 0 spiro atoms. The lowest BCUT2D eigenvalue weighted by atomic mass is 10.2. The molecule has 2 aromatic heterocycles. The van der Waals surface area contributed by atoms with Crippen molar-refractivity contribution in [1.82, 2.24) is 25.0 Å². The van der Waals surface area contributed by atoms with Crippen molar-refractivity contribution in [1.29, 1.82) is 0 Å². The Morgan fingerprint density at radius 2 is 2.17 bits per heavy atom. The Balaban J connectivity index is 1.63. The summed E-state index contributed by atoms with van der Waals surface area (Å²) in [4.78, 5) is 17.9. The molecule has 0 radical (unpaired) electrons. The van der Waals surface area contributed by atoms with Crippen LogP contribution in [0.1, 0.15) is 30.4 Å². The van der Waals surface area contributed by atoms with Crippen LogP contribution in [0.15, 0.2) is 18.3 Å². The molecule has 128 valence electrons. The van der Waals surface area contributed by atoms with Crippen molar-refractivity contribution in [2.45, 2.75) is 39.5 Å². The highest BCUT2D eigenvalue weighted by Crippen LogP contribution is 2.22. The number of halogens is 2. The first-order chi connectivity index (χ1) is 11.5. The van der Waals surface area contributed by atoms with Crippen molar-refractivity contribution in [2.24, 2.45) is 0 Å². The molecule has 0 atom stereocenters. The maximum atomic E-state index is 11.4. The minimum atomic E-state index is 0.0334. The van der Waals surface area contributed by atoms with Crippen molar-refractivity contribution in [3.05, 3.63) is 45.5 Å². The second kappa shape index (κ2) is 7.51. The average Bonchev–Trinajstić information content (AvgIpc) is 2.97. The van der Waals surface area contributed by atoms with Gasteiger partial charge in [0.1, 0.15) is 0 Å². The average molecular weight is 368 g/mol. The van der Waals surface area contributed by atoms with Crippen LogP contribution in [-0.2, 0) is 31.0 Å². The lowest BCUT2D eigenvalue weighted by molar-refractivity contribution is -0.120. The normalized spacial score (nSPS) is 14.5. The molecule has 0 bridgehead atoms. The minimum Gasteiger partial charge on any atom is -0.350 e. The predicted octanol–water partition coefficient (Wildman–Crippen LogP) is 2.63. The molecule has 3 rings (SSSR count). The van der Waals surface area contributed by atoms with Gasteiger partial charge >= 0.3 is 0 Å². The minimum absolute atomic E-state index is 0.0334. The Labute approximate surface area is 150 Å². The first kappa shape index (κ1) is 17.2. The zero-order chi connectivity index (χ0) is 17.1. The lowest BCUT2D eigenvalue weighted by Gasteiger charge is -2.27. The van der Waals surface area contributed by atoms with E-state index in [0.29, 0.717) is 29.6 Å². The predicted molar refractivity (Wildman–Crippen MR) is 92.7 cm³/mol. The van der Waals surface area contributed by atoms with Crippen molar-refractivity contribution in [2.75, 3.05) is 6.54 Å². The van der Waals surface area contributed by atoms with Crippen LogP contribution in [0.25, 0.3) is 0 Å². The standard InChI is InChI=1S/C16H19Cl2N5O/c1-2-16(24)20-8-12-6-13-9-22(3-4-23(13)21-12)10-15-14(18)5-11(17)7-19-15/h5-7H,2-4,8-10H2,1H3,(H,20,24). The van der Waals surface area contributed by atoms with Crippen molar-refractivity contribution >= 4 is 29.1 Å². The molecule has 0 saturated carbocycles. The second-order valence-electron chi connectivity index (χ2n) is 5.77. The molecule has 1 amide bonds. The van der Waals surface area contributed by atoms with E-state index in [1.807, 2.05) is 17.7 Å². The largest absolute Gasteiger partial charge is 0.350 e. The molecule has 1 aliphatic heterocycles. The van der Waals surface area contributed by atoms with E-state index in [9.17, 15) is 4.79 Å². The summed E-state index contributed by atoms with van der Waals surface area (Å²) >= 11 is 12.1. The number of pyridine rings is 1. The number of fused-ring (bicyclic) bond motifs is 1. The third-order valence-electron chi connectivity index (χ3n) is 3.97. The highest BCUT2D eigenvalue weighted by Gasteiger charge is 2.20. The molecule has 0 unspecified atom stereocenters. The molecule has 0 aliphatic carbocycles. The molecule has 1 N–H and O–H groups in total. The van der Waals surface area contributed by atoms with Crippen LogP contribution in [0.2, 0.25) is 10.0 Å². The van der Waals surface area contributed by atoms with Crippen LogP contribution in [0, 0.1) is 0 Å². The molecule has 24 heavy (non-hydrogen) atoms. The molecule has 8 heteroatoms. The molecule has 0 fully saturated rings. The van der Waals surface area contributed by atoms with Gasteiger partial charge in [0.05, 0.1) is 40.2 Å². The third kappa shape index (κ3) is 4.06. The van der Waals surface area contributed by atoms with Gasteiger partial charge in [0, 0.05) is 32.3 Å². The zero-order valence-corrected chi connectivity index (χ0v) is 14.9. The van der Waals surface area contributed by atoms with Crippen LogP contribution in [0.3, 0.4) is 0 Å². The summed E-state index contributed by atoms with van der Waals surface area (Å²) in [5.41, 5.74) is 2.84. The summed E-state index contributed by atoms with van der Waals surface area (Å²) in [7, 11) is 0. The molecular weight excluding hydrogens is 349 g/mol. The molecular formula is C16H19Cl2N5O. The Morgan fingerprint density at radius 3 is 2.92 bits per heavy atom. The van der Waals surface area contributed by atoms with Crippen LogP contribution in [0.5, 0.6) is 0 Å². The molecule has 0 aromatic carbocycles. The van der Waals surface area contributed by atoms with Crippen LogP contribution >= 0.6 is 23.2 Å². The third-order valence-corrected chi connectivity index (χ3v) is 4.51. The van der Waals surface area contributed by atoms with Crippen LogP contribution < -0.4 is 5.32 Å². The van der Waals surface area contributed by atoms with E-state index in [-0.39, 0.29) is 5.91 Å². The van der Waals surface area contributed by atoms with E-state index in [1.165, 1.54) is 0 Å². The number of aromatic nitrogens is 3. The van der Waals surface area contributed by atoms with Gasteiger partial charge in [-0.3, -0.25) is 19.4 Å². The number of hydrogen-bond donors (Lipinski definition) is 1. The molecule has 2 aromatic rings. The highest BCUT2D eigenvalue weighted by molar-refractivity contribution is 6.34. The van der Waals surface area contributed by atoms with Gasteiger partial charge in [-0.25, -0.2) is 0 Å². The second-order valence-corrected chi connectivity index (χ2v) is 6.62. The van der Waals surface area contributed by atoms with Crippen LogP contribution in [0.4, 0.5) is 0 Å². The van der Waals surface area contributed by atoms with Crippen molar-refractivity contribution in [3.63, 3.8) is 0 Å². The summed E-state index contributed by atoms with van der Waals surface area (Å²) in [6.07, 6.45) is 2.10. The maximum Gasteiger partial charge on any atom is 0.220 e. The van der Waals surface area contributed by atoms with Gasteiger partial charge in [-0.1, -0.05) is 30.1 Å². The highest BCUT2D eigenvalue weighted by atomic mass is 35.5. The number of nitrogens with one attached hydrogen (secondary N) is 1. The Kier molecular flexibility index (Phi) is 5.38. The summed E-state index contributed by atoms with van der Waals surface area (Å²) in [6.45, 7) is 5.43. The monoisotopic (exact) mass is 367 g/mol. The summed E-state index contributed by atoms with van der Waals surface area (Å²) in [6, 6.07) is 3.76. The number of hydrogen-bond acceptors (Lipinski definition) is 4. The van der Waals surface area contributed by atoms with Crippen LogP contribution in [-0.4, -0.2) is 32.1 Å². The summed E-state index contributed by atoms with van der Waals surface area (Å²) in [5, 5.41) is 8.53. The Bertz CT molecular complexity index is 746. The van der Waals surface area contributed by atoms with Crippen molar-refractivity contribution < 1.29 is 4.79 Å². The van der Waals surface area contributed by atoms with E-state index >= 15 is 0 Å². The quantitative estimate of drug-likeness (QED) is 0.881. The lowest BCUT2D eigenvalue weighted by Crippen LogP contribution is -2.33. The summed E-state index contributed by atoms with van der Waals surface area (Å²) < 4.78 is 2.00. The maximum absolute atomic E-state index is 11.4. The van der Waals surface area contributed by atoms with Crippen molar-refractivity contribution in [3.8, 4) is 0 Å². The molecule has 3 heterocycles. The van der Waals surface area contributed by atoms with E-state index < -0.39 is 0 Å². The van der Waals surface area contributed by atoms with E-state index in [1.54, 1.807) is 12.3 Å². The zero-order valence-electron chi connectivity index (χ0n) is 13.4. The fraction of sp³-hybridized carbons (Fsp3) is 0.438. The van der Waals surface area contributed by atoms with E-state index in [0.717, 1.165) is 36.7 Å². The van der Waals surface area contributed by atoms with Gasteiger partial charge < -0.3 is 5.32 Å². The molecule has 1 aliphatic rings. The first-order valence-corrected chi connectivity index (χ1v) is 8.65. The van der Waals surface area contributed by atoms with Gasteiger partial charge in [0.2, 0.25) is 5.91 Å². The van der Waals surface area contributed by atoms with Gasteiger partial charge in [-0.2, -0.15) is 5.10 Å². The van der Waals surface area contributed by atoms with Gasteiger partial charge in [-0.05, 0) is 12.1 Å². The molecule has 6 nitrogen and oxygen atoms in total. The summed E-state index contributed by atoms with van der Waals surface area (Å²) in [5.74, 6) is 0.0334. The fourth-order valence-electron chi connectivity index (χ4n) is 2.69. The van der Waals surface area contributed by atoms with E-state index in [4.69, 9.17) is 23.2 Å². The SMILES string of the molecule is CCC(=O)NCc1cc2n(n1)CCN(Cc1ncc(Cl)cc1Cl)C2. The Morgan fingerprint density at radius 1 is 1.33 bits per heavy atom. The number of amides is 1. The molecule has 0 saturated heterocycles. The number of carbonyl (C=O) groups excluding carboxylic acids is 1. The van der Waals surface area contributed by atoms with Gasteiger partial charge in [0.25, 0.3) is 0 Å². The first-order valence-electron chi connectivity index (χ1n) is 7.89. The van der Waals surface area contributed by atoms with Gasteiger partial charge in [-0.15, -0.1) is 0 Å². The topological polar surface area (TPSA) is 63.1 Å².